The van der Waals surface area contributed by atoms with Crippen LogP contribution in [0.1, 0.15) is 12.8 Å². The molecule has 2 bridgehead atoms. The minimum atomic E-state index is -0.417. The molecule has 0 saturated carbocycles. The summed E-state index contributed by atoms with van der Waals surface area (Å²) in [6.07, 6.45) is 2.46. The van der Waals surface area contributed by atoms with Crippen LogP contribution in [0.4, 0.5) is 15.8 Å². The Hall–Kier alpha value is -1.49. The van der Waals surface area contributed by atoms with Gasteiger partial charge in [0.2, 0.25) is 0 Å². The smallest absolute Gasteiger partial charge is 0.167 e. The van der Waals surface area contributed by atoms with Crippen LogP contribution in [0.5, 0.6) is 5.75 Å². The molecule has 4 nitrogen and oxygen atoms in total. The zero-order valence-corrected chi connectivity index (χ0v) is 11.2. The highest BCUT2D eigenvalue weighted by atomic mass is 19.1. The number of nitrogens with two attached hydrogens (primary N) is 1. The van der Waals surface area contributed by atoms with Crippen LogP contribution in [0.15, 0.2) is 12.1 Å². The Morgan fingerprint density at radius 1 is 1.37 bits per heavy atom. The van der Waals surface area contributed by atoms with Gasteiger partial charge in [-0.2, -0.15) is 0 Å². The lowest BCUT2D eigenvalue weighted by Crippen LogP contribution is -2.53. The fourth-order valence-electron chi connectivity index (χ4n) is 3.18. The summed E-state index contributed by atoms with van der Waals surface area (Å²) in [4.78, 5) is 2.47. The molecule has 3 fully saturated rings. The number of fused-ring (bicyclic) bond motifs is 3. The van der Waals surface area contributed by atoms with Gasteiger partial charge in [0, 0.05) is 24.7 Å². The molecule has 19 heavy (non-hydrogen) atoms. The first kappa shape index (κ1) is 12.5. The molecule has 5 heteroatoms. The summed E-state index contributed by atoms with van der Waals surface area (Å²) in [5.74, 6) is 0.512. The first-order valence-corrected chi connectivity index (χ1v) is 6.79. The predicted molar refractivity (Wildman–Crippen MR) is 73.9 cm³/mol. The number of rotatable bonds is 3. The Morgan fingerprint density at radius 3 is 2.68 bits per heavy atom. The molecule has 3 aliphatic heterocycles. The van der Waals surface area contributed by atoms with Crippen molar-refractivity contribution in [3.63, 3.8) is 0 Å². The molecule has 1 atom stereocenters. The highest BCUT2D eigenvalue weighted by Crippen LogP contribution is 2.33. The number of benzene rings is 1. The molecule has 3 N–H and O–H groups in total. The van der Waals surface area contributed by atoms with Crippen molar-refractivity contribution < 1.29 is 9.13 Å². The van der Waals surface area contributed by atoms with Crippen molar-refractivity contribution >= 4 is 11.4 Å². The lowest BCUT2D eigenvalue weighted by Gasteiger charge is -2.45. The molecule has 1 aromatic carbocycles. The minimum absolute atomic E-state index is 0.234. The highest BCUT2D eigenvalue weighted by molar-refractivity contribution is 5.69. The lowest BCUT2D eigenvalue weighted by atomic mass is 9.84. The number of nitrogens with zero attached hydrogens (tertiary/aromatic N) is 1. The van der Waals surface area contributed by atoms with E-state index in [4.69, 9.17) is 10.5 Å². The van der Waals surface area contributed by atoms with Crippen molar-refractivity contribution in [1.82, 2.24) is 4.90 Å². The van der Waals surface area contributed by atoms with E-state index in [9.17, 15) is 4.39 Å². The summed E-state index contributed by atoms with van der Waals surface area (Å²) in [7, 11) is 1.46. The van der Waals surface area contributed by atoms with E-state index < -0.39 is 5.82 Å². The van der Waals surface area contributed by atoms with Crippen LogP contribution >= 0.6 is 0 Å². The van der Waals surface area contributed by atoms with Gasteiger partial charge in [-0.15, -0.1) is 0 Å². The number of nitrogens with one attached hydrogen (secondary N) is 1. The molecular weight excluding hydrogens is 245 g/mol. The van der Waals surface area contributed by atoms with Crippen molar-refractivity contribution in [1.29, 1.82) is 0 Å². The monoisotopic (exact) mass is 265 g/mol. The second-order valence-electron chi connectivity index (χ2n) is 5.46. The van der Waals surface area contributed by atoms with Gasteiger partial charge in [-0.05, 0) is 31.8 Å². The lowest BCUT2D eigenvalue weighted by molar-refractivity contribution is 0.0975. The first-order valence-electron chi connectivity index (χ1n) is 6.79. The van der Waals surface area contributed by atoms with Crippen LogP contribution in [-0.2, 0) is 0 Å². The van der Waals surface area contributed by atoms with Crippen molar-refractivity contribution in [2.75, 3.05) is 37.8 Å². The summed E-state index contributed by atoms with van der Waals surface area (Å²) in [5, 5.41) is 3.47. The second-order valence-corrected chi connectivity index (χ2v) is 5.46. The number of hydrogen-bond acceptors (Lipinski definition) is 4. The van der Waals surface area contributed by atoms with E-state index in [2.05, 4.69) is 10.2 Å². The predicted octanol–water partition coefficient (Wildman–Crippen LogP) is 1.92. The van der Waals surface area contributed by atoms with E-state index >= 15 is 0 Å². The van der Waals surface area contributed by atoms with Crippen LogP contribution in [0.3, 0.4) is 0 Å². The van der Waals surface area contributed by atoms with Gasteiger partial charge >= 0.3 is 0 Å². The Kier molecular flexibility index (Phi) is 3.22. The number of anilines is 2. The van der Waals surface area contributed by atoms with Gasteiger partial charge in [0.05, 0.1) is 18.5 Å². The molecule has 4 rings (SSSR count). The molecule has 3 aliphatic rings. The van der Waals surface area contributed by atoms with Crippen LogP contribution in [0, 0.1) is 11.7 Å². The van der Waals surface area contributed by atoms with Gasteiger partial charge in [-0.25, -0.2) is 4.39 Å². The molecule has 0 aromatic heterocycles. The number of ether oxygens (including phenoxy) is 1. The molecule has 104 valence electrons. The van der Waals surface area contributed by atoms with E-state index in [-0.39, 0.29) is 5.75 Å². The maximum absolute atomic E-state index is 13.5. The third-order valence-electron chi connectivity index (χ3n) is 4.32. The summed E-state index contributed by atoms with van der Waals surface area (Å²) in [5.41, 5.74) is 7.10. The first-order chi connectivity index (χ1) is 9.17. The highest BCUT2D eigenvalue weighted by Gasteiger charge is 2.34. The number of nitrogen functional groups attached to an aromatic ring is 1. The third-order valence-corrected chi connectivity index (χ3v) is 4.32. The van der Waals surface area contributed by atoms with Crippen molar-refractivity contribution in [2.45, 2.75) is 18.9 Å². The Labute approximate surface area is 112 Å². The van der Waals surface area contributed by atoms with Gasteiger partial charge in [0.15, 0.2) is 11.6 Å². The topological polar surface area (TPSA) is 50.5 Å². The van der Waals surface area contributed by atoms with E-state index in [1.807, 2.05) is 0 Å². The van der Waals surface area contributed by atoms with E-state index in [0.717, 1.165) is 12.2 Å². The van der Waals surface area contributed by atoms with Gasteiger partial charge < -0.3 is 20.7 Å². The van der Waals surface area contributed by atoms with Gasteiger partial charge in [0.25, 0.3) is 0 Å². The van der Waals surface area contributed by atoms with Gasteiger partial charge in [0.1, 0.15) is 0 Å². The summed E-state index contributed by atoms with van der Waals surface area (Å²) in [6, 6.07) is 3.38. The maximum Gasteiger partial charge on any atom is 0.167 e. The van der Waals surface area contributed by atoms with Crippen molar-refractivity contribution in [3.05, 3.63) is 17.9 Å². The molecule has 3 heterocycles. The van der Waals surface area contributed by atoms with Crippen LogP contribution in [-0.4, -0.2) is 37.7 Å². The fourth-order valence-corrected chi connectivity index (χ4v) is 3.18. The molecule has 1 unspecified atom stereocenters. The van der Waals surface area contributed by atoms with Crippen molar-refractivity contribution in [3.8, 4) is 5.75 Å². The summed E-state index contributed by atoms with van der Waals surface area (Å²) < 4.78 is 18.5. The summed E-state index contributed by atoms with van der Waals surface area (Å²) in [6.45, 7) is 3.44. The van der Waals surface area contributed by atoms with E-state index in [1.54, 1.807) is 6.07 Å². The SMILES string of the molecule is COc1cc(NC2CN3CCC2CC3)c(N)cc1F. The zero-order chi connectivity index (χ0) is 13.4. The van der Waals surface area contributed by atoms with Crippen LogP contribution < -0.4 is 15.8 Å². The Balaban J connectivity index is 1.79. The Bertz CT molecular complexity index is 472. The largest absolute Gasteiger partial charge is 0.494 e. The quantitative estimate of drug-likeness (QED) is 0.820. The molecular formula is C14H20FN3O. The molecule has 3 saturated heterocycles. The van der Waals surface area contributed by atoms with E-state index in [1.165, 1.54) is 39.1 Å². The fraction of sp³-hybridized carbons (Fsp3) is 0.571. The molecule has 1 aromatic rings. The number of piperidine rings is 3. The minimum Gasteiger partial charge on any atom is -0.494 e. The summed E-state index contributed by atoms with van der Waals surface area (Å²) >= 11 is 0. The van der Waals surface area contributed by atoms with Crippen LogP contribution in [0.2, 0.25) is 0 Å². The number of hydrogen-bond donors (Lipinski definition) is 2. The molecule has 0 aliphatic carbocycles. The van der Waals surface area contributed by atoms with Gasteiger partial charge in [-0.1, -0.05) is 0 Å². The second kappa shape index (κ2) is 4.89. The third kappa shape index (κ3) is 2.34. The Morgan fingerprint density at radius 2 is 2.11 bits per heavy atom. The van der Waals surface area contributed by atoms with Crippen LogP contribution in [0.25, 0.3) is 0 Å². The average molecular weight is 265 g/mol. The normalized spacial score (nSPS) is 29.3. The zero-order valence-electron chi connectivity index (χ0n) is 11.2. The molecule has 0 amide bonds. The maximum atomic E-state index is 13.5. The number of methoxy groups -OCH3 is 1. The average Bonchev–Trinajstić information content (AvgIpc) is 2.43. The van der Waals surface area contributed by atoms with Gasteiger partial charge in [-0.3, -0.25) is 0 Å². The molecule has 0 radical (unpaired) electrons. The number of halogens is 1. The molecule has 0 spiro atoms. The van der Waals surface area contributed by atoms with Crippen molar-refractivity contribution in [2.24, 2.45) is 5.92 Å². The standard InChI is InChI=1S/C14H20FN3O/c1-19-14-7-12(11(16)6-10(14)15)17-13-8-18-4-2-9(13)3-5-18/h6-7,9,13,17H,2-5,8,16H2,1H3. The van der Waals surface area contributed by atoms with E-state index in [0.29, 0.717) is 17.6 Å².